The minimum absolute atomic E-state index is 0.141. The van der Waals surface area contributed by atoms with E-state index in [1.54, 1.807) is 18.4 Å². The highest BCUT2D eigenvalue weighted by Gasteiger charge is 2.33. The molecule has 4 nitrogen and oxygen atoms in total. The Morgan fingerprint density at radius 2 is 1.83 bits per heavy atom. The van der Waals surface area contributed by atoms with Crippen LogP contribution < -0.4 is 0 Å². The first-order chi connectivity index (χ1) is 8.41. The third-order valence-corrected chi connectivity index (χ3v) is 6.13. The van der Waals surface area contributed by atoms with Crippen LogP contribution in [0.2, 0.25) is 0 Å². The highest BCUT2D eigenvalue weighted by Crippen LogP contribution is 2.29. The first-order valence-corrected chi connectivity index (χ1v) is 8.59. The smallest absolute Gasteiger partial charge is 0.195 e. The fourth-order valence-corrected chi connectivity index (χ4v) is 4.20. The van der Waals surface area contributed by atoms with Crippen molar-refractivity contribution in [1.29, 1.82) is 0 Å². The van der Waals surface area contributed by atoms with E-state index in [0.717, 1.165) is 19.3 Å². The van der Waals surface area contributed by atoms with Crippen molar-refractivity contribution in [2.45, 2.75) is 45.1 Å². The fourth-order valence-electron chi connectivity index (χ4n) is 2.63. The van der Waals surface area contributed by atoms with E-state index in [9.17, 15) is 8.42 Å². The van der Waals surface area contributed by atoms with Crippen LogP contribution in [0.15, 0.2) is 0 Å². The first kappa shape index (κ1) is 16.2. The van der Waals surface area contributed by atoms with Gasteiger partial charge in [-0.25, -0.2) is 0 Å². The summed E-state index contributed by atoms with van der Waals surface area (Å²) >= 11 is 5.61. The summed E-state index contributed by atoms with van der Waals surface area (Å²) < 4.78 is 27.8. The average molecular weight is 297 g/mol. The van der Waals surface area contributed by atoms with Crippen LogP contribution in [0.1, 0.15) is 39.0 Å². The zero-order valence-electron chi connectivity index (χ0n) is 11.6. The first-order valence-electron chi connectivity index (χ1n) is 6.66. The van der Waals surface area contributed by atoms with Crippen LogP contribution >= 0.6 is 11.6 Å². The Bertz CT molecular complexity index is 348. The van der Waals surface area contributed by atoms with Gasteiger partial charge in [0.2, 0.25) is 0 Å². The number of rotatable bonds is 6. The van der Waals surface area contributed by atoms with Crippen LogP contribution in [0.25, 0.3) is 0 Å². The molecular weight excluding hydrogens is 272 g/mol. The van der Waals surface area contributed by atoms with Gasteiger partial charge in [0, 0.05) is 32.6 Å². The van der Waals surface area contributed by atoms with E-state index in [-0.39, 0.29) is 6.04 Å². The minimum atomic E-state index is -3.34. The van der Waals surface area contributed by atoms with Gasteiger partial charge in [0.1, 0.15) is 0 Å². The summed E-state index contributed by atoms with van der Waals surface area (Å²) in [5, 5.41) is 0. The lowest BCUT2D eigenvalue weighted by molar-refractivity contribution is 0.204. The fraction of sp³-hybridized carbons (Fsp3) is 1.00. The predicted molar refractivity (Wildman–Crippen MR) is 76.1 cm³/mol. The maximum absolute atomic E-state index is 12.4. The largest absolute Gasteiger partial charge is 0.281 e. The molecule has 1 aliphatic rings. The zero-order chi connectivity index (χ0) is 13.8. The summed E-state index contributed by atoms with van der Waals surface area (Å²) in [4.78, 5) is 0. The van der Waals surface area contributed by atoms with E-state index in [1.807, 2.05) is 0 Å². The Kier molecular flexibility index (Phi) is 6.38. The highest BCUT2D eigenvalue weighted by molar-refractivity contribution is 7.86. The average Bonchev–Trinajstić information content (AvgIpc) is 2.35. The van der Waals surface area contributed by atoms with Crippen molar-refractivity contribution in [2.75, 3.05) is 26.5 Å². The van der Waals surface area contributed by atoms with Crippen molar-refractivity contribution in [2.24, 2.45) is 5.92 Å². The second-order valence-electron chi connectivity index (χ2n) is 5.22. The molecule has 0 N–H and O–H groups in total. The molecule has 0 aromatic carbocycles. The summed E-state index contributed by atoms with van der Waals surface area (Å²) in [7, 11) is 0.00244. The van der Waals surface area contributed by atoms with Crippen LogP contribution in [0.3, 0.4) is 0 Å². The van der Waals surface area contributed by atoms with Crippen molar-refractivity contribution >= 4 is 21.8 Å². The molecule has 1 saturated carbocycles. The Morgan fingerprint density at radius 1 is 1.22 bits per heavy atom. The van der Waals surface area contributed by atoms with Crippen molar-refractivity contribution in [3.63, 3.8) is 0 Å². The van der Waals surface area contributed by atoms with Crippen molar-refractivity contribution in [1.82, 2.24) is 8.61 Å². The Balaban J connectivity index is 2.70. The van der Waals surface area contributed by atoms with E-state index in [1.165, 1.54) is 10.7 Å². The van der Waals surface area contributed by atoms with Crippen molar-refractivity contribution in [3.05, 3.63) is 0 Å². The minimum Gasteiger partial charge on any atom is -0.195 e. The summed E-state index contributed by atoms with van der Waals surface area (Å²) in [6.45, 7) is 2.63. The van der Waals surface area contributed by atoms with Crippen LogP contribution in [0.4, 0.5) is 0 Å². The normalized spacial score (nSPS) is 25.9. The molecule has 2 unspecified atom stereocenters. The van der Waals surface area contributed by atoms with Gasteiger partial charge in [-0.05, 0) is 25.2 Å². The summed E-state index contributed by atoms with van der Waals surface area (Å²) in [6.07, 6.45) is 5.12. The molecule has 108 valence electrons. The molecule has 1 fully saturated rings. The standard InChI is InChI=1S/C12H25ClN2O2S/c1-11-7-4-5-8-12(11)15(3)18(16,17)14(2)10-6-9-13/h11-12H,4-10H2,1-3H3. The SMILES string of the molecule is CC1CCCCC1N(C)S(=O)(=O)N(C)CCCCl. The van der Waals surface area contributed by atoms with Gasteiger partial charge in [-0.3, -0.25) is 0 Å². The molecule has 0 aliphatic heterocycles. The zero-order valence-corrected chi connectivity index (χ0v) is 13.2. The molecule has 6 heteroatoms. The van der Waals surface area contributed by atoms with Gasteiger partial charge in [0.15, 0.2) is 0 Å². The number of hydrogen-bond donors (Lipinski definition) is 0. The van der Waals surface area contributed by atoms with Crippen LogP contribution in [0.5, 0.6) is 0 Å². The molecule has 1 aliphatic carbocycles. The molecule has 1 rings (SSSR count). The second-order valence-corrected chi connectivity index (χ2v) is 7.69. The molecule has 0 aromatic rings. The van der Waals surface area contributed by atoms with Crippen LogP contribution in [-0.2, 0) is 10.2 Å². The van der Waals surface area contributed by atoms with Gasteiger partial charge in [-0.1, -0.05) is 19.8 Å². The molecule has 2 atom stereocenters. The van der Waals surface area contributed by atoms with E-state index in [2.05, 4.69) is 6.92 Å². The van der Waals surface area contributed by atoms with Crippen LogP contribution in [-0.4, -0.2) is 49.6 Å². The monoisotopic (exact) mass is 296 g/mol. The maximum Gasteiger partial charge on any atom is 0.281 e. The van der Waals surface area contributed by atoms with E-state index >= 15 is 0 Å². The third kappa shape index (κ3) is 3.83. The molecule has 0 heterocycles. The molecule has 18 heavy (non-hydrogen) atoms. The number of alkyl halides is 1. The molecule has 0 bridgehead atoms. The number of halogens is 1. The topological polar surface area (TPSA) is 40.6 Å². The second kappa shape index (κ2) is 7.08. The van der Waals surface area contributed by atoms with E-state index in [0.29, 0.717) is 24.8 Å². The van der Waals surface area contributed by atoms with Gasteiger partial charge in [0.05, 0.1) is 0 Å². The molecular formula is C12H25ClN2O2S. The molecule has 0 saturated heterocycles. The summed E-state index contributed by atoms with van der Waals surface area (Å²) in [6, 6.07) is 0.141. The van der Waals surface area contributed by atoms with Crippen LogP contribution in [0, 0.1) is 5.92 Å². The van der Waals surface area contributed by atoms with Gasteiger partial charge in [0.25, 0.3) is 10.2 Å². The Morgan fingerprint density at radius 3 is 2.39 bits per heavy atom. The Labute approximate surface area is 116 Å². The number of hydrogen-bond acceptors (Lipinski definition) is 2. The highest BCUT2D eigenvalue weighted by atomic mass is 35.5. The summed E-state index contributed by atoms with van der Waals surface area (Å²) in [5.74, 6) is 0.934. The molecule has 0 radical (unpaired) electrons. The molecule has 0 spiro atoms. The maximum atomic E-state index is 12.4. The van der Waals surface area contributed by atoms with E-state index < -0.39 is 10.2 Å². The van der Waals surface area contributed by atoms with Crippen molar-refractivity contribution < 1.29 is 8.42 Å². The van der Waals surface area contributed by atoms with E-state index in [4.69, 9.17) is 11.6 Å². The predicted octanol–water partition coefficient (Wildman–Crippen LogP) is 2.30. The van der Waals surface area contributed by atoms with Gasteiger partial charge in [-0.15, -0.1) is 11.6 Å². The third-order valence-electron chi connectivity index (χ3n) is 3.90. The summed E-state index contributed by atoms with van der Waals surface area (Å²) in [5.41, 5.74) is 0. The number of nitrogens with zero attached hydrogens (tertiary/aromatic N) is 2. The Hall–Kier alpha value is 0.160. The molecule has 0 aromatic heterocycles. The van der Waals surface area contributed by atoms with Gasteiger partial charge < -0.3 is 0 Å². The lowest BCUT2D eigenvalue weighted by atomic mass is 9.86. The lowest BCUT2D eigenvalue weighted by Crippen LogP contribution is -2.48. The van der Waals surface area contributed by atoms with Gasteiger partial charge >= 0.3 is 0 Å². The van der Waals surface area contributed by atoms with Gasteiger partial charge in [-0.2, -0.15) is 17.0 Å². The molecule has 0 amide bonds. The quantitative estimate of drug-likeness (QED) is 0.706. The van der Waals surface area contributed by atoms with Crippen molar-refractivity contribution in [3.8, 4) is 0 Å². The lowest BCUT2D eigenvalue weighted by Gasteiger charge is -2.37.